The fraction of sp³-hybridized carbons (Fsp3) is 0.467. The molecular weight excluding hydrogens is 480 g/mol. The van der Waals surface area contributed by atoms with Gasteiger partial charge in [-0.1, -0.05) is 55.3 Å². The van der Waals surface area contributed by atoms with E-state index in [0.717, 1.165) is 44.1 Å². The molecule has 2 fully saturated rings. The third-order valence-electron chi connectivity index (χ3n) is 8.66. The Morgan fingerprint density at radius 3 is 2.21 bits per heavy atom. The van der Waals surface area contributed by atoms with Crippen molar-refractivity contribution in [1.82, 2.24) is 15.3 Å². The predicted octanol–water partition coefficient (Wildman–Crippen LogP) is 3.15. The monoisotopic (exact) mass is 516 g/mol. The lowest BCUT2D eigenvalue weighted by molar-refractivity contribution is -0.174. The molecule has 5 N–H and O–H groups in total. The zero-order chi connectivity index (χ0) is 26.7. The maximum absolute atomic E-state index is 13.3. The number of hydrogen-bond acceptors (Lipinski definition) is 6. The van der Waals surface area contributed by atoms with Crippen molar-refractivity contribution in [2.75, 3.05) is 0 Å². The van der Waals surface area contributed by atoms with E-state index >= 15 is 0 Å². The van der Waals surface area contributed by atoms with Crippen LogP contribution in [0.5, 0.6) is 0 Å². The lowest BCUT2D eigenvalue weighted by Gasteiger charge is -2.53. The predicted molar refractivity (Wildman–Crippen MR) is 144 cm³/mol. The van der Waals surface area contributed by atoms with Crippen LogP contribution in [0.15, 0.2) is 60.8 Å². The van der Waals surface area contributed by atoms with Crippen molar-refractivity contribution >= 4 is 22.8 Å². The molecule has 5 rings (SSSR count). The highest BCUT2D eigenvalue weighted by atomic mass is 16.3. The Labute approximate surface area is 222 Å². The molecule has 8 heteroatoms. The van der Waals surface area contributed by atoms with E-state index in [1.165, 1.54) is 6.20 Å². The van der Waals surface area contributed by atoms with Gasteiger partial charge in [0.25, 0.3) is 5.91 Å². The minimum absolute atomic E-state index is 0.00487. The number of primary amides is 1. The van der Waals surface area contributed by atoms with Crippen molar-refractivity contribution in [3.63, 3.8) is 0 Å². The van der Waals surface area contributed by atoms with Gasteiger partial charge in [0.15, 0.2) is 0 Å². The summed E-state index contributed by atoms with van der Waals surface area (Å²) in [6.07, 6.45) is 6.12. The molecule has 8 nitrogen and oxygen atoms in total. The molecular formula is C30H36N4O4. The number of fused-ring (bicyclic) bond motifs is 3. The zero-order valence-corrected chi connectivity index (χ0v) is 21.5. The third kappa shape index (κ3) is 5.28. The Hall–Kier alpha value is -3.36. The maximum atomic E-state index is 13.3. The van der Waals surface area contributed by atoms with E-state index in [1.807, 2.05) is 48.5 Å². The average Bonchev–Trinajstić information content (AvgIpc) is 2.91. The number of para-hydroxylation sites is 2. The molecule has 0 radical (unpaired) electrons. The van der Waals surface area contributed by atoms with Gasteiger partial charge in [-0.2, -0.15) is 0 Å². The molecule has 2 aromatic carbocycles. The van der Waals surface area contributed by atoms with Gasteiger partial charge in [-0.15, -0.1) is 0 Å². The standard InChI is InChI=1S/C30H36N4O4/c31-28(36)22(30(38)20-10-6-11-21(30)13-7-12-20)17-27(35)25(16-19-8-2-1-3-9-19)34-29(37)26-18-32-23-14-4-5-15-24(23)33-26/h1-5,8-9,14-15,18,20-22,25,27,35,38H,6-7,10-13,16-17H2,(H2,31,36)(H,34,37)/t20?,21?,22-,25+,27+,30?/m1/s1. The summed E-state index contributed by atoms with van der Waals surface area (Å²) in [5, 5.41) is 26.4. The molecule has 0 aliphatic heterocycles. The van der Waals surface area contributed by atoms with Gasteiger partial charge in [0.05, 0.1) is 40.9 Å². The molecule has 3 aromatic rings. The summed E-state index contributed by atoms with van der Waals surface area (Å²) in [4.78, 5) is 34.8. The highest BCUT2D eigenvalue weighted by molar-refractivity contribution is 5.94. The molecule has 38 heavy (non-hydrogen) atoms. The summed E-state index contributed by atoms with van der Waals surface area (Å²) in [5.74, 6) is -1.98. The van der Waals surface area contributed by atoms with E-state index in [9.17, 15) is 19.8 Å². The van der Waals surface area contributed by atoms with E-state index in [1.54, 1.807) is 6.07 Å². The largest absolute Gasteiger partial charge is 0.391 e. The number of aromatic nitrogens is 2. The number of nitrogens with one attached hydrogen (secondary N) is 1. The second kappa shape index (κ2) is 11.2. The normalized spacial score (nSPS) is 25.3. The number of aliphatic hydroxyl groups excluding tert-OH is 1. The number of aliphatic hydroxyl groups is 2. The highest BCUT2D eigenvalue weighted by Crippen LogP contribution is 2.52. The van der Waals surface area contributed by atoms with E-state index in [2.05, 4.69) is 15.3 Å². The van der Waals surface area contributed by atoms with Crippen LogP contribution in [0.25, 0.3) is 11.0 Å². The molecule has 2 aliphatic rings. The van der Waals surface area contributed by atoms with E-state index in [4.69, 9.17) is 5.73 Å². The van der Waals surface area contributed by atoms with Crippen molar-refractivity contribution in [2.24, 2.45) is 23.5 Å². The fourth-order valence-electron chi connectivity index (χ4n) is 6.74. The third-order valence-corrected chi connectivity index (χ3v) is 8.66. The average molecular weight is 517 g/mol. The number of amides is 2. The summed E-state index contributed by atoms with van der Waals surface area (Å²) >= 11 is 0. The summed E-state index contributed by atoms with van der Waals surface area (Å²) < 4.78 is 0. The number of carbonyl (C=O) groups excluding carboxylic acids is 2. The topological polar surface area (TPSA) is 138 Å². The molecule has 2 amide bonds. The van der Waals surface area contributed by atoms with Gasteiger partial charge in [-0.3, -0.25) is 14.6 Å². The fourth-order valence-corrected chi connectivity index (χ4v) is 6.74. The molecule has 200 valence electrons. The van der Waals surface area contributed by atoms with Crippen LogP contribution in [0, 0.1) is 17.8 Å². The van der Waals surface area contributed by atoms with E-state index in [-0.39, 0.29) is 24.0 Å². The van der Waals surface area contributed by atoms with Crippen molar-refractivity contribution < 1.29 is 19.8 Å². The Morgan fingerprint density at radius 1 is 0.974 bits per heavy atom. The van der Waals surface area contributed by atoms with Crippen LogP contribution < -0.4 is 11.1 Å². The summed E-state index contributed by atoms with van der Waals surface area (Å²) in [7, 11) is 0. The van der Waals surface area contributed by atoms with Crippen molar-refractivity contribution in [3.8, 4) is 0 Å². The summed E-state index contributed by atoms with van der Waals surface area (Å²) in [6, 6.07) is 16.1. The first-order valence-corrected chi connectivity index (χ1v) is 13.6. The zero-order valence-electron chi connectivity index (χ0n) is 21.5. The van der Waals surface area contributed by atoms with Crippen molar-refractivity contribution in [3.05, 3.63) is 72.1 Å². The van der Waals surface area contributed by atoms with Crippen LogP contribution in [-0.2, 0) is 11.2 Å². The number of rotatable bonds is 9. The van der Waals surface area contributed by atoms with Gasteiger partial charge in [0.2, 0.25) is 5.91 Å². The minimum Gasteiger partial charge on any atom is -0.391 e. The summed E-state index contributed by atoms with van der Waals surface area (Å²) in [6.45, 7) is 0. The van der Waals surface area contributed by atoms with Crippen LogP contribution in [-0.4, -0.2) is 49.7 Å². The number of carbonyl (C=O) groups is 2. The highest BCUT2D eigenvalue weighted by Gasteiger charge is 2.55. The van der Waals surface area contributed by atoms with Crippen LogP contribution in [0.1, 0.15) is 61.0 Å². The SMILES string of the molecule is NC(=O)[C@@H](C[C@H](O)[C@H](Cc1ccccc1)NC(=O)c1cnc2ccccc2n1)C1(O)C2CCCC1CCC2. The number of benzene rings is 2. The number of nitrogens with two attached hydrogens (primary N) is 1. The van der Waals surface area contributed by atoms with Crippen molar-refractivity contribution in [1.29, 1.82) is 0 Å². The Bertz CT molecular complexity index is 1260. The first-order chi connectivity index (χ1) is 18.4. The van der Waals surface area contributed by atoms with Gasteiger partial charge in [-0.05, 0) is 68.1 Å². The van der Waals surface area contributed by atoms with Crippen molar-refractivity contribution in [2.45, 2.75) is 69.1 Å². The molecule has 0 unspecified atom stereocenters. The first-order valence-electron chi connectivity index (χ1n) is 13.6. The second-order valence-corrected chi connectivity index (χ2v) is 10.9. The van der Waals surface area contributed by atoms with E-state index < -0.39 is 35.5 Å². The van der Waals surface area contributed by atoms with Crippen LogP contribution in [0.4, 0.5) is 0 Å². The molecule has 3 atom stereocenters. The number of nitrogens with zero attached hydrogens (tertiary/aromatic N) is 2. The van der Waals surface area contributed by atoms with Crippen LogP contribution in [0.3, 0.4) is 0 Å². The lowest BCUT2D eigenvalue weighted by atomic mass is 9.56. The molecule has 2 bridgehead atoms. The van der Waals surface area contributed by atoms with Gasteiger partial charge >= 0.3 is 0 Å². The van der Waals surface area contributed by atoms with Crippen LogP contribution in [0.2, 0.25) is 0 Å². The Kier molecular flexibility index (Phi) is 7.72. The Balaban J connectivity index is 1.40. The summed E-state index contributed by atoms with van der Waals surface area (Å²) in [5.41, 5.74) is 7.00. The second-order valence-electron chi connectivity index (χ2n) is 10.9. The smallest absolute Gasteiger partial charge is 0.271 e. The van der Waals surface area contributed by atoms with Gasteiger partial charge < -0.3 is 21.3 Å². The molecule has 1 heterocycles. The Morgan fingerprint density at radius 2 is 1.58 bits per heavy atom. The molecule has 0 spiro atoms. The first kappa shape index (κ1) is 26.3. The number of hydrogen-bond donors (Lipinski definition) is 4. The van der Waals surface area contributed by atoms with Gasteiger partial charge in [-0.25, -0.2) is 4.98 Å². The van der Waals surface area contributed by atoms with Crippen LogP contribution >= 0.6 is 0 Å². The molecule has 2 saturated carbocycles. The minimum atomic E-state index is -1.23. The maximum Gasteiger partial charge on any atom is 0.271 e. The molecule has 0 saturated heterocycles. The van der Waals surface area contributed by atoms with Gasteiger partial charge in [0, 0.05) is 0 Å². The quantitative estimate of drug-likeness (QED) is 0.345. The lowest BCUT2D eigenvalue weighted by Crippen LogP contribution is -2.60. The van der Waals surface area contributed by atoms with Gasteiger partial charge in [0.1, 0.15) is 5.69 Å². The molecule has 1 aromatic heterocycles. The molecule has 2 aliphatic carbocycles. The van der Waals surface area contributed by atoms with E-state index in [0.29, 0.717) is 17.5 Å².